The van der Waals surface area contributed by atoms with Gasteiger partial charge in [-0.25, -0.2) is 4.79 Å². The van der Waals surface area contributed by atoms with Gasteiger partial charge in [0.15, 0.2) is 0 Å². The molecule has 0 bridgehead atoms. The van der Waals surface area contributed by atoms with Gasteiger partial charge in [-0.05, 0) is 75.1 Å². The van der Waals surface area contributed by atoms with Crippen LogP contribution in [0.5, 0.6) is 5.75 Å². The highest BCUT2D eigenvalue weighted by Gasteiger charge is 2.20. The van der Waals surface area contributed by atoms with Crippen LogP contribution in [0.25, 0.3) is 0 Å². The minimum Gasteiger partial charge on any atom is -0.382 e. The fraction of sp³-hybridized carbons (Fsp3) is 0.409. The summed E-state index contributed by atoms with van der Waals surface area (Å²) >= 11 is 0. The summed E-state index contributed by atoms with van der Waals surface area (Å²) in [5, 5.41) is 2.97. The van der Waals surface area contributed by atoms with E-state index in [0.717, 1.165) is 23.2 Å². The van der Waals surface area contributed by atoms with Crippen molar-refractivity contribution >= 4 is 21.8 Å². The maximum atomic E-state index is 13.0. The van der Waals surface area contributed by atoms with Gasteiger partial charge >= 0.3 is 16.1 Å². The summed E-state index contributed by atoms with van der Waals surface area (Å²) in [5.41, 5.74) is 3.82. The van der Waals surface area contributed by atoms with Crippen molar-refractivity contribution in [3.8, 4) is 5.75 Å². The Labute approximate surface area is 174 Å². The van der Waals surface area contributed by atoms with Gasteiger partial charge in [0.05, 0.1) is 5.75 Å². The Bertz CT molecular complexity index is 957. The number of aryl methyl sites for hydroxylation is 2. The van der Waals surface area contributed by atoms with Crippen molar-refractivity contribution in [2.45, 2.75) is 53.6 Å². The fourth-order valence-electron chi connectivity index (χ4n) is 2.76. The Hall–Kier alpha value is -2.54. The SMILES string of the molecule is CC[C@H](C)N(Cc1cccc(OS(=O)(=O)CC)c1)C(=O)Nc1ccc(C)c(C)c1. The molecule has 0 aliphatic heterocycles. The van der Waals surface area contributed by atoms with Crippen LogP contribution in [0.15, 0.2) is 42.5 Å². The van der Waals surface area contributed by atoms with Gasteiger partial charge in [-0.15, -0.1) is 0 Å². The average molecular weight is 419 g/mol. The largest absolute Gasteiger partial charge is 0.382 e. The first-order valence-corrected chi connectivity index (χ1v) is 11.4. The van der Waals surface area contributed by atoms with Crippen molar-refractivity contribution in [2.75, 3.05) is 11.1 Å². The molecule has 0 radical (unpaired) electrons. The summed E-state index contributed by atoms with van der Waals surface area (Å²) in [6.45, 7) is 9.92. The second kappa shape index (κ2) is 9.78. The third-order valence-corrected chi connectivity index (χ3v) is 6.12. The highest BCUT2D eigenvalue weighted by Crippen LogP contribution is 2.20. The molecule has 0 heterocycles. The van der Waals surface area contributed by atoms with Crippen LogP contribution in [0.2, 0.25) is 0 Å². The summed E-state index contributed by atoms with van der Waals surface area (Å²) < 4.78 is 28.5. The maximum Gasteiger partial charge on any atom is 0.322 e. The highest BCUT2D eigenvalue weighted by molar-refractivity contribution is 7.87. The van der Waals surface area contributed by atoms with Gasteiger partial charge in [-0.3, -0.25) is 0 Å². The van der Waals surface area contributed by atoms with E-state index < -0.39 is 10.1 Å². The predicted octanol–water partition coefficient (Wildman–Crippen LogP) is 4.86. The number of benzene rings is 2. The molecule has 158 valence electrons. The van der Waals surface area contributed by atoms with Gasteiger partial charge in [0.2, 0.25) is 0 Å². The molecule has 1 N–H and O–H groups in total. The Kier molecular flexibility index (Phi) is 7.67. The van der Waals surface area contributed by atoms with E-state index >= 15 is 0 Å². The molecule has 0 aliphatic rings. The number of carbonyl (C=O) groups is 1. The Morgan fingerprint density at radius 3 is 2.45 bits per heavy atom. The third-order valence-electron chi connectivity index (χ3n) is 4.97. The van der Waals surface area contributed by atoms with E-state index in [1.54, 1.807) is 23.1 Å². The number of anilines is 1. The Morgan fingerprint density at radius 1 is 1.10 bits per heavy atom. The number of carbonyl (C=O) groups excluding carboxylic acids is 1. The van der Waals surface area contributed by atoms with E-state index in [1.807, 2.05) is 52.0 Å². The number of hydrogen-bond donors (Lipinski definition) is 1. The lowest BCUT2D eigenvalue weighted by Crippen LogP contribution is -2.40. The van der Waals surface area contributed by atoms with Crippen LogP contribution in [0.3, 0.4) is 0 Å². The van der Waals surface area contributed by atoms with Gasteiger partial charge in [-0.2, -0.15) is 8.42 Å². The van der Waals surface area contributed by atoms with Crippen molar-refractivity contribution in [3.05, 3.63) is 59.2 Å². The molecule has 0 fully saturated rings. The lowest BCUT2D eigenvalue weighted by Gasteiger charge is -2.29. The summed E-state index contributed by atoms with van der Waals surface area (Å²) in [7, 11) is -3.60. The molecule has 0 saturated carbocycles. The number of nitrogens with zero attached hydrogens (tertiary/aromatic N) is 1. The van der Waals surface area contributed by atoms with Crippen molar-refractivity contribution in [1.29, 1.82) is 0 Å². The van der Waals surface area contributed by atoms with E-state index in [1.165, 1.54) is 12.5 Å². The molecule has 6 nitrogen and oxygen atoms in total. The van der Waals surface area contributed by atoms with Crippen molar-refractivity contribution < 1.29 is 17.4 Å². The number of hydrogen-bond acceptors (Lipinski definition) is 4. The number of urea groups is 1. The molecule has 29 heavy (non-hydrogen) atoms. The van der Waals surface area contributed by atoms with Crippen LogP contribution < -0.4 is 9.50 Å². The van der Waals surface area contributed by atoms with E-state index in [9.17, 15) is 13.2 Å². The normalized spacial score (nSPS) is 12.3. The van der Waals surface area contributed by atoms with Crippen molar-refractivity contribution in [2.24, 2.45) is 0 Å². The first-order chi connectivity index (χ1) is 13.6. The first kappa shape index (κ1) is 22.7. The van der Waals surface area contributed by atoms with Crippen molar-refractivity contribution in [1.82, 2.24) is 4.90 Å². The second-order valence-electron chi connectivity index (χ2n) is 7.19. The number of nitrogens with one attached hydrogen (secondary N) is 1. The molecular formula is C22H30N2O4S. The molecule has 1 atom stereocenters. The second-order valence-corrected chi connectivity index (χ2v) is 9.05. The van der Waals surface area contributed by atoms with E-state index in [0.29, 0.717) is 6.54 Å². The minimum absolute atomic E-state index is 0.00509. The molecule has 2 rings (SSSR count). The molecule has 0 unspecified atom stereocenters. The zero-order valence-corrected chi connectivity index (χ0v) is 18.5. The number of rotatable bonds is 8. The Morgan fingerprint density at radius 2 is 1.83 bits per heavy atom. The van der Waals surface area contributed by atoms with Crippen LogP contribution in [-0.4, -0.2) is 31.1 Å². The molecule has 0 aromatic heterocycles. The predicted molar refractivity (Wildman–Crippen MR) is 117 cm³/mol. The molecule has 2 aromatic carbocycles. The van der Waals surface area contributed by atoms with Crippen LogP contribution >= 0.6 is 0 Å². The van der Waals surface area contributed by atoms with E-state index in [4.69, 9.17) is 4.18 Å². The molecular weight excluding hydrogens is 388 g/mol. The standard InChI is InChI=1S/C22H30N2O4S/c1-6-18(5)24(22(25)23-20-12-11-16(3)17(4)13-20)15-19-9-8-10-21(14-19)28-29(26,27)7-2/h8-14,18H,6-7,15H2,1-5H3,(H,23,25)/t18-/m0/s1. The summed E-state index contributed by atoms with van der Waals surface area (Å²) in [6, 6.07) is 12.5. The van der Waals surface area contributed by atoms with Gasteiger partial charge < -0.3 is 14.4 Å². The van der Waals surface area contributed by atoms with Crippen LogP contribution in [0, 0.1) is 13.8 Å². The first-order valence-electron chi connectivity index (χ1n) is 9.81. The number of amides is 2. The van der Waals surface area contributed by atoms with Gasteiger partial charge in [0.1, 0.15) is 5.75 Å². The third kappa shape index (κ3) is 6.49. The van der Waals surface area contributed by atoms with Crippen LogP contribution in [0.4, 0.5) is 10.5 Å². The van der Waals surface area contributed by atoms with Crippen molar-refractivity contribution in [3.63, 3.8) is 0 Å². The maximum absolute atomic E-state index is 13.0. The molecule has 0 spiro atoms. The van der Waals surface area contributed by atoms with Crippen LogP contribution in [0.1, 0.15) is 43.9 Å². The lowest BCUT2D eigenvalue weighted by molar-refractivity contribution is 0.187. The Balaban J connectivity index is 2.20. The monoisotopic (exact) mass is 418 g/mol. The van der Waals surface area contributed by atoms with Crippen LogP contribution in [-0.2, 0) is 16.7 Å². The highest BCUT2D eigenvalue weighted by atomic mass is 32.2. The fourth-order valence-corrected chi connectivity index (χ4v) is 3.28. The minimum atomic E-state index is -3.60. The molecule has 0 aliphatic carbocycles. The molecule has 7 heteroatoms. The van der Waals surface area contributed by atoms with E-state index in [-0.39, 0.29) is 23.6 Å². The molecule has 2 aromatic rings. The van der Waals surface area contributed by atoms with E-state index in [2.05, 4.69) is 5.32 Å². The summed E-state index contributed by atoms with van der Waals surface area (Å²) in [4.78, 5) is 14.7. The van der Waals surface area contributed by atoms with Gasteiger partial charge in [-0.1, -0.05) is 25.1 Å². The smallest absolute Gasteiger partial charge is 0.322 e. The zero-order valence-electron chi connectivity index (χ0n) is 17.7. The summed E-state index contributed by atoms with van der Waals surface area (Å²) in [5.74, 6) is 0.150. The summed E-state index contributed by atoms with van der Waals surface area (Å²) in [6.07, 6.45) is 0.792. The van der Waals surface area contributed by atoms with Gasteiger partial charge in [0.25, 0.3) is 0 Å². The topological polar surface area (TPSA) is 75.7 Å². The van der Waals surface area contributed by atoms with Gasteiger partial charge in [0, 0.05) is 18.3 Å². The average Bonchev–Trinajstić information content (AvgIpc) is 2.68. The lowest BCUT2D eigenvalue weighted by atomic mass is 10.1. The quantitative estimate of drug-likeness (QED) is 0.621. The molecule has 0 saturated heterocycles. The zero-order chi connectivity index (χ0) is 21.6. The molecule has 2 amide bonds.